The van der Waals surface area contributed by atoms with Crippen LogP contribution in [-0.2, 0) is 12.8 Å². The normalized spacial score (nSPS) is 10.6. The number of ketones is 1. The van der Waals surface area contributed by atoms with E-state index in [4.69, 9.17) is 17.3 Å². The van der Waals surface area contributed by atoms with Gasteiger partial charge in [0.25, 0.3) is 0 Å². The van der Waals surface area contributed by atoms with Crippen LogP contribution in [0.5, 0.6) is 0 Å². The summed E-state index contributed by atoms with van der Waals surface area (Å²) in [4.78, 5) is 12.7. The Balaban J connectivity index is 2.48. The van der Waals surface area contributed by atoms with Crippen LogP contribution >= 0.6 is 11.6 Å². The third-order valence-corrected chi connectivity index (χ3v) is 3.80. The maximum absolute atomic E-state index is 12.7. The number of nitrogens with two attached hydrogens (primary N) is 1. The number of hydrogen-bond donors (Lipinski definition) is 1. The fourth-order valence-corrected chi connectivity index (χ4v) is 2.37. The first-order valence-corrected chi connectivity index (χ1v) is 7.16. The molecule has 0 aliphatic carbocycles. The second kappa shape index (κ2) is 6.10. The molecule has 0 fully saturated rings. The molecule has 2 aromatic carbocycles. The van der Waals surface area contributed by atoms with Crippen molar-refractivity contribution in [2.24, 2.45) is 0 Å². The minimum atomic E-state index is -0.000880. The molecule has 0 amide bonds. The number of nitrogen functional groups attached to an aromatic ring is 1. The van der Waals surface area contributed by atoms with Gasteiger partial charge in [0.15, 0.2) is 5.78 Å². The average molecular weight is 288 g/mol. The fraction of sp³-hybridized carbons (Fsp3) is 0.235. The Bertz CT molecular complexity index is 649. The van der Waals surface area contributed by atoms with Crippen LogP contribution in [0.25, 0.3) is 0 Å². The van der Waals surface area contributed by atoms with E-state index in [9.17, 15) is 4.79 Å². The molecule has 0 saturated heterocycles. The van der Waals surface area contributed by atoms with Gasteiger partial charge in [-0.15, -0.1) is 0 Å². The maximum Gasteiger partial charge on any atom is 0.193 e. The van der Waals surface area contributed by atoms with Gasteiger partial charge in [-0.1, -0.05) is 37.6 Å². The monoisotopic (exact) mass is 287 g/mol. The summed E-state index contributed by atoms with van der Waals surface area (Å²) in [6, 6.07) is 11.1. The minimum absolute atomic E-state index is 0.000880. The first-order chi connectivity index (χ1) is 9.56. The number of rotatable bonds is 4. The van der Waals surface area contributed by atoms with E-state index in [2.05, 4.69) is 13.0 Å². The van der Waals surface area contributed by atoms with Gasteiger partial charge in [0.05, 0.1) is 10.7 Å². The molecule has 2 N–H and O–H groups in total. The van der Waals surface area contributed by atoms with Gasteiger partial charge in [-0.05, 0) is 48.2 Å². The molecule has 0 aromatic heterocycles. The molecule has 104 valence electrons. The zero-order valence-electron chi connectivity index (χ0n) is 11.7. The van der Waals surface area contributed by atoms with E-state index < -0.39 is 0 Å². The van der Waals surface area contributed by atoms with Crippen LogP contribution in [0.15, 0.2) is 36.4 Å². The van der Waals surface area contributed by atoms with Crippen LogP contribution in [0, 0.1) is 0 Å². The Morgan fingerprint density at radius 3 is 2.45 bits per heavy atom. The predicted octanol–water partition coefficient (Wildman–Crippen LogP) is 4.28. The van der Waals surface area contributed by atoms with Gasteiger partial charge in [-0.3, -0.25) is 4.79 Å². The fourth-order valence-electron chi connectivity index (χ4n) is 2.19. The number of carbonyl (C=O) groups is 1. The summed E-state index contributed by atoms with van der Waals surface area (Å²) in [5, 5.41) is 0.417. The second-order valence-corrected chi connectivity index (χ2v) is 5.17. The van der Waals surface area contributed by atoms with Gasteiger partial charge in [-0.2, -0.15) is 0 Å². The number of anilines is 1. The van der Waals surface area contributed by atoms with Crippen LogP contribution in [0.2, 0.25) is 5.02 Å². The van der Waals surface area contributed by atoms with E-state index in [0.717, 1.165) is 29.5 Å². The highest BCUT2D eigenvalue weighted by Crippen LogP contribution is 2.23. The van der Waals surface area contributed by atoms with E-state index in [1.165, 1.54) is 0 Å². The van der Waals surface area contributed by atoms with Crippen molar-refractivity contribution in [3.8, 4) is 0 Å². The number of hydrogen-bond acceptors (Lipinski definition) is 2. The summed E-state index contributed by atoms with van der Waals surface area (Å²) in [5.74, 6) is -0.000880. The summed E-state index contributed by atoms with van der Waals surface area (Å²) in [5.41, 5.74) is 9.72. The largest absolute Gasteiger partial charge is 0.398 e. The Morgan fingerprint density at radius 1 is 1.10 bits per heavy atom. The molecule has 0 unspecified atom stereocenters. The molecule has 3 heteroatoms. The van der Waals surface area contributed by atoms with Crippen LogP contribution in [0.3, 0.4) is 0 Å². The number of aryl methyl sites for hydroxylation is 2. The highest BCUT2D eigenvalue weighted by atomic mass is 35.5. The van der Waals surface area contributed by atoms with E-state index >= 15 is 0 Å². The van der Waals surface area contributed by atoms with E-state index in [-0.39, 0.29) is 5.78 Å². The van der Waals surface area contributed by atoms with Crippen LogP contribution in [-0.4, -0.2) is 5.78 Å². The summed E-state index contributed by atoms with van der Waals surface area (Å²) in [7, 11) is 0. The van der Waals surface area contributed by atoms with Crippen LogP contribution < -0.4 is 5.73 Å². The lowest BCUT2D eigenvalue weighted by atomic mass is 9.94. The summed E-state index contributed by atoms with van der Waals surface area (Å²) in [6.07, 6.45) is 1.74. The van der Waals surface area contributed by atoms with E-state index in [0.29, 0.717) is 16.3 Å². The molecule has 0 saturated carbocycles. The van der Waals surface area contributed by atoms with Gasteiger partial charge in [0.2, 0.25) is 0 Å². The van der Waals surface area contributed by atoms with Gasteiger partial charge >= 0.3 is 0 Å². The zero-order valence-corrected chi connectivity index (χ0v) is 12.5. The van der Waals surface area contributed by atoms with Gasteiger partial charge in [-0.25, -0.2) is 0 Å². The lowest BCUT2D eigenvalue weighted by molar-refractivity contribution is 0.103. The molecule has 0 aliphatic rings. The molecular formula is C17H18ClNO. The standard InChI is InChI=1S/C17H18ClNO/c1-3-11-5-6-12(4-2)14(9-11)17(20)13-7-8-16(19)15(18)10-13/h5-10H,3-4,19H2,1-2H3. The Hall–Kier alpha value is -1.80. The molecule has 0 bridgehead atoms. The van der Waals surface area contributed by atoms with Crippen molar-refractivity contribution in [1.82, 2.24) is 0 Å². The van der Waals surface area contributed by atoms with Crippen molar-refractivity contribution < 1.29 is 4.79 Å². The lowest BCUT2D eigenvalue weighted by Crippen LogP contribution is -2.06. The van der Waals surface area contributed by atoms with Gasteiger partial charge < -0.3 is 5.73 Å². The maximum atomic E-state index is 12.7. The van der Waals surface area contributed by atoms with Crippen molar-refractivity contribution in [1.29, 1.82) is 0 Å². The summed E-state index contributed by atoms with van der Waals surface area (Å²) >= 11 is 6.00. The first kappa shape index (κ1) is 14.6. The quantitative estimate of drug-likeness (QED) is 0.674. The number of carbonyl (C=O) groups excluding carboxylic acids is 1. The Kier molecular flexibility index (Phi) is 4.46. The SMILES string of the molecule is CCc1ccc(CC)c(C(=O)c2ccc(N)c(Cl)c2)c1. The average Bonchev–Trinajstić information content (AvgIpc) is 2.48. The predicted molar refractivity (Wildman–Crippen MR) is 84.5 cm³/mol. The molecule has 0 radical (unpaired) electrons. The number of halogens is 1. The van der Waals surface area contributed by atoms with Gasteiger partial charge in [0.1, 0.15) is 0 Å². The third-order valence-electron chi connectivity index (χ3n) is 3.47. The van der Waals surface area contributed by atoms with Crippen molar-refractivity contribution in [2.45, 2.75) is 26.7 Å². The number of benzene rings is 2. The van der Waals surface area contributed by atoms with Crippen molar-refractivity contribution in [3.63, 3.8) is 0 Å². The molecule has 0 atom stereocenters. The molecule has 20 heavy (non-hydrogen) atoms. The highest BCUT2D eigenvalue weighted by molar-refractivity contribution is 6.33. The topological polar surface area (TPSA) is 43.1 Å². The summed E-state index contributed by atoms with van der Waals surface area (Å²) < 4.78 is 0. The molecule has 0 heterocycles. The Labute approximate surface area is 124 Å². The molecule has 2 nitrogen and oxygen atoms in total. The van der Waals surface area contributed by atoms with Crippen molar-refractivity contribution >= 4 is 23.1 Å². The molecule has 0 spiro atoms. The van der Waals surface area contributed by atoms with Crippen LogP contribution in [0.1, 0.15) is 40.9 Å². The van der Waals surface area contributed by atoms with Crippen molar-refractivity contribution in [2.75, 3.05) is 5.73 Å². The van der Waals surface area contributed by atoms with Gasteiger partial charge in [0, 0.05) is 11.1 Å². The van der Waals surface area contributed by atoms with E-state index in [1.807, 2.05) is 19.1 Å². The van der Waals surface area contributed by atoms with Crippen LogP contribution in [0.4, 0.5) is 5.69 Å². The zero-order chi connectivity index (χ0) is 14.7. The highest BCUT2D eigenvalue weighted by Gasteiger charge is 2.14. The first-order valence-electron chi connectivity index (χ1n) is 6.78. The summed E-state index contributed by atoms with van der Waals surface area (Å²) in [6.45, 7) is 4.13. The second-order valence-electron chi connectivity index (χ2n) is 4.76. The smallest absolute Gasteiger partial charge is 0.193 e. The molecule has 2 aromatic rings. The lowest BCUT2D eigenvalue weighted by Gasteiger charge is -2.10. The molecule has 2 rings (SSSR count). The third kappa shape index (κ3) is 2.86. The molecule has 0 aliphatic heterocycles. The molecular weight excluding hydrogens is 270 g/mol. The van der Waals surface area contributed by atoms with Crippen molar-refractivity contribution in [3.05, 3.63) is 63.7 Å². The minimum Gasteiger partial charge on any atom is -0.398 e. The Morgan fingerprint density at radius 2 is 1.85 bits per heavy atom. The van der Waals surface area contributed by atoms with E-state index in [1.54, 1.807) is 18.2 Å².